The van der Waals surface area contributed by atoms with E-state index in [9.17, 15) is 0 Å². The minimum Gasteiger partial charge on any atom is -0.393 e. The van der Waals surface area contributed by atoms with Crippen LogP contribution in [0.15, 0.2) is 18.2 Å². The number of thiocarbonyl (C=S) groups is 1. The molecule has 0 atom stereocenters. The van der Waals surface area contributed by atoms with Gasteiger partial charge in [-0.3, -0.25) is 0 Å². The molecule has 4 heteroatoms. The van der Waals surface area contributed by atoms with Crippen LogP contribution in [0.2, 0.25) is 10.0 Å². The van der Waals surface area contributed by atoms with E-state index >= 15 is 0 Å². The zero-order chi connectivity index (χ0) is 9.84. The maximum absolute atomic E-state index is 5.82. The van der Waals surface area contributed by atoms with Crippen molar-refractivity contribution in [3.05, 3.63) is 33.8 Å². The lowest BCUT2D eigenvalue weighted by Crippen LogP contribution is -2.08. The second-order valence-electron chi connectivity index (χ2n) is 2.74. The molecule has 1 aromatic carbocycles. The first-order chi connectivity index (χ1) is 6.08. The van der Waals surface area contributed by atoms with Crippen LogP contribution in [0.3, 0.4) is 0 Å². The van der Waals surface area contributed by atoms with E-state index in [2.05, 4.69) is 0 Å². The molecule has 0 aromatic heterocycles. The van der Waals surface area contributed by atoms with Gasteiger partial charge in [0.15, 0.2) is 0 Å². The summed E-state index contributed by atoms with van der Waals surface area (Å²) < 4.78 is 0. The van der Waals surface area contributed by atoms with E-state index in [0.717, 1.165) is 12.0 Å². The lowest BCUT2D eigenvalue weighted by atomic mass is 10.1. The van der Waals surface area contributed by atoms with Crippen LogP contribution in [0.25, 0.3) is 0 Å². The van der Waals surface area contributed by atoms with E-state index < -0.39 is 0 Å². The van der Waals surface area contributed by atoms with Gasteiger partial charge in [0, 0.05) is 16.5 Å². The lowest BCUT2D eigenvalue weighted by Gasteiger charge is -2.01. The summed E-state index contributed by atoms with van der Waals surface area (Å²) in [6, 6.07) is 5.44. The third-order valence-electron chi connectivity index (χ3n) is 1.58. The minimum atomic E-state index is 0.510. The first-order valence-electron chi connectivity index (χ1n) is 3.81. The summed E-state index contributed by atoms with van der Waals surface area (Å²) in [6.45, 7) is 0. The Labute approximate surface area is 92.8 Å². The fourth-order valence-electron chi connectivity index (χ4n) is 1.02. The summed E-state index contributed by atoms with van der Waals surface area (Å²) in [7, 11) is 0. The summed E-state index contributed by atoms with van der Waals surface area (Å²) in [5, 5.41) is 1.29. The Morgan fingerprint density at radius 2 is 1.77 bits per heavy atom. The van der Waals surface area contributed by atoms with Crippen LogP contribution in [-0.4, -0.2) is 4.99 Å². The maximum atomic E-state index is 5.82. The SMILES string of the molecule is NC(=S)CCc1cc(Cl)cc(Cl)c1. The Hall–Kier alpha value is -0.310. The van der Waals surface area contributed by atoms with Crippen molar-refractivity contribution in [2.45, 2.75) is 12.8 Å². The zero-order valence-corrected chi connectivity index (χ0v) is 9.22. The summed E-state index contributed by atoms with van der Waals surface area (Å²) in [6.07, 6.45) is 1.47. The molecule has 1 nitrogen and oxygen atoms in total. The molecule has 0 saturated heterocycles. The van der Waals surface area contributed by atoms with Gasteiger partial charge in [0.1, 0.15) is 0 Å². The maximum Gasteiger partial charge on any atom is 0.0730 e. The minimum absolute atomic E-state index is 0.510. The van der Waals surface area contributed by atoms with E-state index in [0.29, 0.717) is 21.5 Å². The quantitative estimate of drug-likeness (QED) is 0.812. The van der Waals surface area contributed by atoms with Gasteiger partial charge >= 0.3 is 0 Å². The largest absolute Gasteiger partial charge is 0.393 e. The molecule has 1 aromatic rings. The van der Waals surface area contributed by atoms with E-state index in [1.54, 1.807) is 6.07 Å². The standard InChI is InChI=1S/C9H9Cl2NS/c10-7-3-6(1-2-9(12)13)4-8(11)5-7/h3-5H,1-2H2,(H2,12,13). The number of rotatable bonds is 3. The fourth-order valence-corrected chi connectivity index (χ4v) is 1.70. The molecule has 0 saturated carbocycles. The molecule has 2 N–H and O–H groups in total. The summed E-state index contributed by atoms with van der Waals surface area (Å²) in [5.41, 5.74) is 6.44. The highest BCUT2D eigenvalue weighted by Crippen LogP contribution is 2.19. The Balaban J connectivity index is 2.71. The molecule has 0 bridgehead atoms. The highest BCUT2D eigenvalue weighted by Gasteiger charge is 1.98. The van der Waals surface area contributed by atoms with Gasteiger partial charge in [0.25, 0.3) is 0 Å². The molecule has 0 radical (unpaired) electrons. The summed E-state index contributed by atoms with van der Waals surface area (Å²) in [4.78, 5) is 0.510. The third kappa shape index (κ3) is 3.94. The predicted octanol–water partition coefficient (Wildman–Crippen LogP) is 3.21. The van der Waals surface area contributed by atoms with Gasteiger partial charge in [-0.25, -0.2) is 0 Å². The Morgan fingerprint density at radius 3 is 2.23 bits per heavy atom. The van der Waals surface area contributed by atoms with Crippen molar-refractivity contribution in [2.75, 3.05) is 0 Å². The highest BCUT2D eigenvalue weighted by molar-refractivity contribution is 7.80. The van der Waals surface area contributed by atoms with Crippen LogP contribution < -0.4 is 5.73 Å². The summed E-state index contributed by atoms with van der Waals surface area (Å²) in [5.74, 6) is 0. The molecule has 0 aliphatic carbocycles. The molecular formula is C9H9Cl2NS. The van der Waals surface area contributed by atoms with E-state index in [1.165, 1.54) is 0 Å². The molecule has 1 rings (SSSR count). The van der Waals surface area contributed by atoms with Gasteiger partial charge in [-0.15, -0.1) is 0 Å². The van der Waals surface area contributed by atoms with Crippen LogP contribution in [-0.2, 0) is 6.42 Å². The first-order valence-corrected chi connectivity index (χ1v) is 4.97. The lowest BCUT2D eigenvalue weighted by molar-refractivity contribution is 1.04. The van der Waals surface area contributed by atoms with Gasteiger partial charge in [-0.1, -0.05) is 35.4 Å². The van der Waals surface area contributed by atoms with Crippen molar-refractivity contribution in [1.29, 1.82) is 0 Å². The van der Waals surface area contributed by atoms with E-state index in [1.807, 2.05) is 12.1 Å². The highest BCUT2D eigenvalue weighted by atomic mass is 35.5. The fraction of sp³-hybridized carbons (Fsp3) is 0.222. The number of aryl methyl sites for hydroxylation is 1. The van der Waals surface area contributed by atoms with Crippen LogP contribution in [0.4, 0.5) is 0 Å². The van der Waals surface area contributed by atoms with Crippen LogP contribution in [0, 0.1) is 0 Å². The second-order valence-corrected chi connectivity index (χ2v) is 4.14. The number of nitrogens with two attached hydrogens (primary N) is 1. The van der Waals surface area contributed by atoms with Crippen molar-refractivity contribution >= 4 is 40.4 Å². The number of hydrogen-bond donors (Lipinski definition) is 1. The molecule has 13 heavy (non-hydrogen) atoms. The molecule has 0 fully saturated rings. The van der Waals surface area contributed by atoms with Gasteiger partial charge < -0.3 is 5.73 Å². The van der Waals surface area contributed by atoms with Crippen molar-refractivity contribution in [3.63, 3.8) is 0 Å². The van der Waals surface area contributed by atoms with Crippen molar-refractivity contribution < 1.29 is 0 Å². The number of hydrogen-bond acceptors (Lipinski definition) is 1. The normalized spacial score (nSPS) is 10.0. The molecule has 0 unspecified atom stereocenters. The predicted molar refractivity (Wildman–Crippen MR) is 61.6 cm³/mol. The molecular weight excluding hydrogens is 225 g/mol. The van der Waals surface area contributed by atoms with Gasteiger partial charge in [0.2, 0.25) is 0 Å². The number of halogens is 2. The Morgan fingerprint density at radius 1 is 1.23 bits per heavy atom. The zero-order valence-electron chi connectivity index (χ0n) is 6.89. The third-order valence-corrected chi connectivity index (χ3v) is 2.22. The average molecular weight is 234 g/mol. The van der Waals surface area contributed by atoms with Gasteiger partial charge in [-0.2, -0.15) is 0 Å². The molecule has 0 aliphatic rings. The van der Waals surface area contributed by atoms with Gasteiger partial charge in [-0.05, 0) is 30.2 Å². The molecule has 0 aliphatic heterocycles. The first kappa shape index (κ1) is 10.8. The Kier molecular flexibility index (Phi) is 3.97. The summed E-state index contributed by atoms with van der Waals surface area (Å²) >= 11 is 16.4. The van der Waals surface area contributed by atoms with Crippen molar-refractivity contribution in [3.8, 4) is 0 Å². The Bertz CT molecular complexity index is 305. The monoisotopic (exact) mass is 233 g/mol. The average Bonchev–Trinajstić information content (AvgIpc) is 1.99. The number of benzene rings is 1. The van der Waals surface area contributed by atoms with E-state index in [4.69, 9.17) is 41.2 Å². The molecule has 0 spiro atoms. The second kappa shape index (κ2) is 4.80. The molecule has 0 heterocycles. The van der Waals surface area contributed by atoms with Gasteiger partial charge in [0.05, 0.1) is 4.99 Å². The van der Waals surface area contributed by atoms with E-state index in [-0.39, 0.29) is 0 Å². The van der Waals surface area contributed by atoms with Crippen molar-refractivity contribution in [1.82, 2.24) is 0 Å². The van der Waals surface area contributed by atoms with Crippen LogP contribution >= 0.6 is 35.4 Å². The smallest absolute Gasteiger partial charge is 0.0730 e. The topological polar surface area (TPSA) is 26.0 Å². The van der Waals surface area contributed by atoms with Crippen LogP contribution in [0.5, 0.6) is 0 Å². The molecule has 0 amide bonds. The molecule has 70 valence electrons. The van der Waals surface area contributed by atoms with Crippen molar-refractivity contribution in [2.24, 2.45) is 5.73 Å². The van der Waals surface area contributed by atoms with Crippen LogP contribution in [0.1, 0.15) is 12.0 Å².